The summed E-state index contributed by atoms with van der Waals surface area (Å²) in [7, 11) is 1.99. The quantitative estimate of drug-likeness (QED) is 0.523. The van der Waals surface area contributed by atoms with Gasteiger partial charge in [-0.25, -0.2) is 4.39 Å². The van der Waals surface area contributed by atoms with E-state index in [2.05, 4.69) is 15.6 Å². The second-order valence-electron chi connectivity index (χ2n) is 5.49. The zero-order valence-corrected chi connectivity index (χ0v) is 12.4. The zero-order valence-electron chi connectivity index (χ0n) is 12.4. The van der Waals surface area contributed by atoms with Crippen LogP contribution < -0.4 is 0 Å². The van der Waals surface area contributed by atoms with Gasteiger partial charge in [-0.3, -0.25) is 4.98 Å². The second kappa shape index (κ2) is 4.92. The van der Waals surface area contributed by atoms with Crippen LogP contribution in [-0.4, -0.2) is 9.55 Å². The van der Waals surface area contributed by atoms with E-state index in [1.165, 1.54) is 12.1 Å². The molecule has 0 aliphatic rings. The molecule has 2 aromatic heterocycles. The van der Waals surface area contributed by atoms with Gasteiger partial charge in [0.15, 0.2) is 0 Å². The predicted molar refractivity (Wildman–Crippen MR) is 88.3 cm³/mol. The van der Waals surface area contributed by atoms with Crippen LogP contribution in [0.2, 0.25) is 0 Å². The first-order valence-corrected chi connectivity index (χ1v) is 7.21. The molecule has 3 nitrogen and oxygen atoms in total. The molecule has 4 heteroatoms. The van der Waals surface area contributed by atoms with Crippen molar-refractivity contribution < 1.29 is 4.39 Å². The number of pyridine rings is 1. The summed E-state index contributed by atoms with van der Waals surface area (Å²) in [6.45, 7) is 0. The third kappa shape index (κ3) is 1.98. The number of nitrogens with zero attached hydrogens (tertiary/aromatic N) is 3. The largest absolute Gasteiger partial charge is 0.342 e. The molecule has 4 aromatic rings. The highest BCUT2D eigenvalue weighted by Crippen LogP contribution is 2.32. The van der Waals surface area contributed by atoms with E-state index in [1.807, 2.05) is 37.5 Å². The van der Waals surface area contributed by atoms with Gasteiger partial charge in [0.2, 0.25) is 0 Å². The van der Waals surface area contributed by atoms with Crippen LogP contribution in [0.5, 0.6) is 0 Å². The summed E-state index contributed by atoms with van der Waals surface area (Å²) in [5, 5.41) is 11.2. The van der Waals surface area contributed by atoms with Crippen molar-refractivity contribution in [3.63, 3.8) is 0 Å². The van der Waals surface area contributed by atoms with E-state index in [0.29, 0.717) is 11.1 Å². The molecule has 0 unspecified atom stereocenters. The molecule has 2 heterocycles. The number of hydrogen-bond donors (Lipinski definition) is 0. The number of halogens is 1. The molecule has 0 fully saturated rings. The summed E-state index contributed by atoms with van der Waals surface area (Å²) in [5.41, 5.74) is 3.75. The van der Waals surface area contributed by atoms with Crippen molar-refractivity contribution in [3.05, 3.63) is 66.2 Å². The molecule has 23 heavy (non-hydrogen) atoms. The Bertz CT molecular complexity index is 1100. The van der Waals surface area contributed by atoms with Crippen LogP contribution >= 0.6 is 0 Å². The van der Waals surface area contributed by atoms with Gasteiger partial charge in [0.05, 0.1) is 23.3 Å². The molecule has 0 spiro atoms. The minimum atomic E-state index is -0.328. The lowest BCUT2D eigenvalue weighted by Gasteiger charge is -2.05. The van der Waals surface area contributed by atoms with E-state index < -0.39 is 0 Å². The van der Waals surface area contributed by atoms with E-state index in [4.69, 9.17) is 5.26 Å². The lowest BCUT2D eigenvalue weighted by Crippen LogP contribution is -1.88. The van der Waals surface area contributed by atoms with Gasteiger partial charge in [-0.2, -0.15) is 5.26 Å². The summed E-state index contributed by atoms with van der Waals surface area (Å²) in [5.74, 6) is -0.328. The monoisotopic (exact) mass is 301 g/mol. The molecule has 0 N–H and O–H groups in total. The summed E-state index contributed by atoms with van der Waals surface area (Å²) in [6, 6.07) is 14.3. The first-order chi connectivity index (χ1) is 11.2. The normalized spacial score (nSPS) is 11.0. The molecule has 4 rings (SSSR count). The lowest BCUT2D eigenvalue weighted by atomic mass is 10.0. The van der Waals surface area contributed by atoms with Gasteiger partial charge in [0.1, 0.15) is 5.82 Å². The highest BCUT2D eigenvalue weighted by Gasteiger charge is 2.11. The van der Waals surface area contributed by atoms with E-state index >= 15 is 0 Å². The lowest BCUT2D eigenvalue weighted by molar-refractivity contribution is 0.631. The number of benzene rings is 2. The van der Waals surface area contributed by atoms with Crippen LogP contribution in [0.4, 0.5) is 4.39 Å². The van der Waals surface area contributed by atoms with Gasteiger partial charge in [-0.15, -0.1) is 0 Å². The van der Waals surface area contributed by atoms with Gasteiger partial charge in [-0.05, 0) is 42.0 Å². The van der Waals surface area contributed by atoms with Crippen molar-refractivity contribution in [2.75, 3.05) is 0 Å². The fourth-order valence-corrected chi connectivity index (χ4v) is 3.04. The first kappa shape index (κ1) is 13.5. The summed E-state index contributed by atoms with van der Waals surface area (Å²) >= 11 is 0. The Hall–Kier alpha value is -3.19. The van der Waals surface area contributed by atoms with Crippen molar-refractivity contribution in [1.29, 1.82) is 5.26 Å². The first-order valence-electron chi connectivity index (χ1n) is 7.21. The van der Waals surface area contributed by atoms with Crippen LogP contribution in [0, 0.1) is 17.1 Å². The fourth-order valence-electron chi connectivity index (χ4n) is 3.04. The van der Waals surface area contributed by atoms with Crippen LogP contribution in [0.3, 0.4) is 0 Å². The Balaban J connectivity index is 2.03. The Kier molecular flexibility index (Phi) is 2.88. The van der Waals surface area contributed by atoms with Crippen molar-refractivity contribution in [3.8, 4) is 17.2 Å². The molecule has 110 valence electrons. The molecule has 0 aliphatic heterocycles. The Labute approximate surface area is 132 Å². The SMILES string of the molecule is Cn1c2ccc(-c3cc(C#N)ccc3F)cc2c2ccncc21. The molecule has 0 bridgehead atoms. The Morgan fingerprint density at radius 3 is 2.74 bits per heavy atom. The molecule has 0 saturated carbocycles. The average Bonchev–Trinajstić information content (AvgIpc) is 2.88. The maximum atomic E-state index is 14.2. The fraction of sp³-hybridized carbons (Fsp3) is 0.0526. The maximum Gasteiger partial charge on any atom is 0.131 e. The van der Waals surface area contributed by atoms with Gasteiger partial charge in [0, 0.05) is 35.1 Å². The molecular weight excluding hydrogens is 289 g/mol. The Morgan fingerprint density at radius 1 is 1.04 bits per heavy atom. The highest BCUT2D eigenvalue weighted by atomic mass is 19.1. The third-order valence-corrected chi connectivity index (χ3v) is 4.22. The number of rotatable bonds is 1. The molecule has 0 radical (unpaired) electrons. The second-order valence-corrected chi connectivity index (χ2v) is 5.49. The van der Waals surface area contributed by atoms with Crippen molar-refractivity contribution in [2.45, 2.75) is 0 Å². The van der Waals surface area contributed by atoms with E-state index in [1.54, 1.807) is 12.3 Å². The number of hydrogen-bond acceptors (Lipinski definition) is 2. The van der Waals surface area contributed by atoms with Gasteiger partial charge in [0.25, 0.3) is 0 Å². The minimum absolute atomic E-state index is 0.328. The number of fused-ring (bicyclic) bond motifs is 3. The predicted octanol–water partition coefficient (Wildman–Crippen LogP) is 4.40. The average molecular weight is 301 g/mol. The van der Waals surface area contributed by atoms with Crippen LogP contribution in [-0.2, 0) is 7.05 Å². The van der Waals surface area contributed by atoms with Crippen LogP contribution in [0.15, 0.2) is 54.9 Å². The van der Waals surface area contributed by atoms with E-state index in [0.717, 1.165) is 27.4 Å². The standard InChI is InChI=1S/C19H12FN3/c1-23-18-5-3-13(15-8-12(10-21)2-4-17(15)20)9-16(18)14-6-7-22-11-19(14)23/h2-9,11H,1H3. The van der Waals surface area contributed by atoms with Gasteiger partial charge in [-0.1, -0.05) is 6.07 Å². The smallest absolute Gasteiger partial charge is 0.131 e. The molecule has 0 atom stereocenters. The zero-order chi connectivity index (χ0) is 16.0. The van der Waals surface area contributed by atoms with E-state index in [9.17, 15) is 4.39 Å². The van der Waals surface area contributed by atoms with Crippen molar-refractivity contribution in [2.24, 2.45) is 7.05 Å². The van der Waals surface area contributed by atoms with Gasteiger partial charge >= 0.3 is 0 Å². The topological polar surface area (TPSA) is 41.6 Å². The summed E-state index contributed by atoms with van der Waals surface area (Å²) in [4.78, 5) is 4.17. The number of aromatic nitrogens is 2. The van der Waals surface area contributed by atoms with Crippen LogP contribution in [0.1, 0.15) is 5.56 Å². The summed E-state index contributed by atoms with van der Waals surface area (Å²) < 4.78 is 16.3. The molecule has 0 amide bonds. The third-order valence-electron chi connectivity index (χ3n) is 4.22. The number of aryl methyl sites for hydroxylation is 1. The van der Waals surface area contributed by atoms with Crippen molar-refractivity contribution >= 4 is 21.8 Å². The summed E-state index contributed by atoms with van der Waals surface area (Å²) in [6.07, 6.45) is 3.58. The number of nitriles is 1. The van der Waals surface area contributed by atoms with Crippen molar-refractivity contribution in [1.82, 2.24) is 9.55 Å². The van der Waals surface area contributed by atoms with Gasteiger partial charge < -0.3 is 4.57 Å². The molecule has 2 aromatic carbocycles. The molecular formula is C19H12FN3. The van der Waals surface area contributed by atoms with E-state index in [-0.39, 0.29) is 5.82 Å². The molecule has 0 saturated heterocycles. The molecule has 0 aliphatic carbocycles. The van der Waals surface area contributed by atoms with Crippen LogP contribution in [0.25, 0.3) is 32.9 Å². The minimum Gasteiger partial charge on any atom is -0.342 e. The Morgan fingerprint density at radius 2 is 1.91 bits per heavy atom. The highest BCUT2D eigenvalue weighted by molar-refractivity contribution is 6.08. The maximum absolute atomic E-state index is 14.2.